The lowest BCUT2D eigenvalue weighted by atomic mass is 10.3. The van der Waals surface area contributed by atoms with Gasteiger partial charge in [0.15, 0.2) is 0 Å². The topological polar surface area (TPSA) is 82.4 Å². The van der Waals surface area contributed by atoms with Crippen LogP contribution in [0.1, 0.15) is 18.8 Å². The molecule has 7 heteroatoms. The summed E-state index contributed by atoms with van der Waals surface area (Å²) in [5, 5.41) is 7.16. The Morgan fingerprint density at radius 1 is 1.53 bits per heavy atom. The summed E-state index contributed by atoms with van der Waals surface area (Å²) in [6.07, 6.45) is 0. The van der Waals surface area contributed by atoms with Crippen LogP contribution in [0, 0.1) is 6.92 Å². The van der Waals surface area contributed by atoms with Crippen molar-refractivity contribution in [1.82, 2.24) is 14.2 Å². The third-order valence-electron chi connectivity index (χ3n) is 3.19. The fraction of sp³-hybridized carbons (Fsp3) is 0.250. The molecule has 2 N–H and O–H groups in total. The van der Waals surface area contributed by atoms with Crippen LogP contribution in [0.15, 0.2) is 22.3 Å². The molecule has 0 unspecified atom stereocenters. The molecule has 0 spiro atoms. The molecule has 0 bridgehead atoms. The summed E-state index contributed by atoms with van der Waals surface area (Å²) < 4.78 is 2.96. The summed E-state index contributed by atoms with van der Waals surface area (Å²) in [5.41, 5.74) is 5.45. The van der Waals surface area contributed by atoms with Crippen LogP contribution in [0.5, 0.6) is 0 Å². The van der Waals surface area contributed by atoms with Crippen molar-refractivity contribution in [2.24, 2.45) is 5.73 Å². The van der Waals surface area contributed by atoms with Crippen LogP contribution >= 0.6 is 11.3 Å². The predicted octanol–water partition coefficient (Wildman–Crippen LogP) is 1.07. The van der Waals surface area contributed by atoms with Gasteiger partial charge in [-0.25, -0.2) is 4.68 Å². The van der Waals surface area contributed by atoms with E-state index in [4.69, 9.17) is 5.73 Å². The zero-order valence-electron chi connectivity index (χ0n) is 10.5. The van der Waals surface area contributed by atoms with Crippen LogP contribution in [0.4, 0.5) is 0 Å². The highest BCUT2D eigenvalue weighted by Gasteiger charge is 2.18. The van der Waals surface area contributed by atoms with Crippen LogP contribution in [0.25, 0.3) is 15.7 Å². The monoisotopic (exact) mass is 276 g/mol. The molecule has 3 aromatic heterocycles. The average molecular weight is 276 g/mol. The Balaban J connectivity index is 2.43. The highest BCUT2D eigenvalue weighted by molar-refractivity contribution is 7.16. The lowest BCUT2D eigenvalue weighted by molar-refractivity contribution is -0.121. The summed E-state index contributed by atoms with van der Waals surface area (Å²) in [5.74, 6) is 0.0758. The molecule has 1 atom stereocenters. The first kappa shape index (κ1) is 11.9. The summed E-state index contributed by atoms with van der Waals surface area (Å²) >= 11 is 1.55. The van der Waals surface area contributed by atoms with E-state index in [1.807, 2.05) is 21.9 Å². The van der Waals surface area contributed by atoms with Gasteiger partial charge in [0.25, 0.3) is 5.56 Å². The van der Waals surface area contributed by atoms with Crippen molar-refractivity contribution in [3.8, 4) is 0 Å². The van der Waals surface area contributed by atoms with Crippen molar-refractivity contribution in [2.75, 3.05) is 0 Å². The first-order valence-electron chi connectivity index (χ1n) is 5.78. The number of thiophene rings is 1. The van der Waals surface area contributed by atoms with E-state index in [2.05, 4.69) is 5.10 Å². The SMILES string of the molecule is Cc1nn([C@@H](C)C(N)=O)c(=O)c2cc3ccsc3n12. The van der Waals surface area contributed by atoms with E-state index in [1.54, 1.807) is 25.2 Å². The van der Waals surface area contributed by atoms with Gasteiger partial charge in [0.05, 0.1) is 0 Å². The van der Waals surface area contributed by atoms with Crippen molar-refractivity contribution in [1.29, 1.82) is 0 Å². The van der Waals surface area contributed by atoms with Crippen LogP contribution in [0.2, 0.25) is 0 Å². The van der Waals surface area contributed by atoms with Gasteiger partial charge in [0.2, 0.25) is 5.91 Å². The van der Waals surface area contributed by atoms with E-state index in [1.165, 1.54) is 0 Å². The Bertz CT molecular complexity index is 858. The van der Waals surface area contributed by atoms with Gasteiger partial charge in [-0.05, 0) is 31.4 Å². The molecular weight excluding hydrogens is 264 g/mol. The Morgan fingerprint density at radius 3 is 2.95 bits per heavy atom. The second-order valence-corrected chi connectivity index (χ2v) is 5.32. The van der Waals surface area contributed by atoms with E-state index < -0.39 is 11.9 Å². The molecule has 98 valence electrons. The fourth-order valence-electron chi connectivity index (χ4n) is 2.15. The molecule has 0 saturated carbocycles. The third-order valence-corrected chi connectivity index (χ3v) is 4.11. The normalized spacial score (nSPS) is 13.2. The molecule has 3 rings (SSSR count). The van der Waals surface area contributed by atoms with Crippen LogP contribution in [0.3, 0.4) is 0 Å². The average Bonchev–Trinajstić information content (AvgIpc) is 2.92. The summed E-state index contributed by atoms with van der Waals surface area (Å²) in [6, 6.07) is 3.00. The standard InChI is InChI=1S/C12H12N4O2S/c1-6(10(13)17)16-11(18)9-5-8-3-4-19-12(8)15(9)7(2)14-16/h3-6H,1-2H3,(H2,13,17)/t6-/m0/s1. The van der Waals surface area contributed by atoms with E-state index >= 15 is 0 Å². The molecule has 0 aliphatic heterocycles. The van der Waals surface area contributed by atoms with Gasteiger partial charge >= 0.3 is 0 Å². The van der Waals surface area contributed by atoms with Crippen molar-refractivity contribution in [2.45, 2.75) is 19.9 Å². The molecule has 0 saturated heterocycles. The molecule has 1 amide bonds. The van der Waals surface area contributed by atoms with Gasteiger partial charge in [-0.2, -0.15) is 5.10 Å². The number of primary amides is 1. The van der Waals surface area contributed by atoms with E-state index in [9.17, 15) is 9.59 Å². The lowest BCUT2D eigenvalue weighted by Crippen LogP contribution is -2.35. The van der Waals surface area contributed by atoms with Gasteiger partial charge in [-0.15, -0.1) is 11.3 Å². The van der Waals surface area contributed by atoms with E-state index in [0.717, 1.165) is 14.9 Å². The largest absolute Gasteiger partial charge is 0.368 e. The number of aromatic nitrogens is 3. The Hall–Kier alpha value is -2.15. The van der Waals surface area contributed by atoms with Crippen LogP contribution in [-0.4, -0.2) is 20.1 Å². The first-order chi connectivity index (χ1) is 9.00. The zero-order valence-corrected chi connectivity index (χ0v) is 11.3. The number of carbonyl (C=O) groups excluding carboxylic acids is 1. The second-order valence-electron chi connectivity index (χ2n) is 4.42. The summed E-state index contributed by atoms with van der Waals surface area (Å²) in [7, 11) is 0. The number of nitrogens with two attached hydrogens (primary N) is 1. The van der Waals surface area contributed by atoms with Crippen molar-refractivity contribution in [3.05, 3.63) is 33.7 Å². The smallest absolute Gasteiger partial charge is 0.291 e. The number of amides is 1. The highest BCUT2D eigenvalue weighted by Crippen LogP contribution is 2.24. The molecule has 6 nitrogen and oxygen atoms in total. The predicted molar refractivity (Wildman–Crippen MR) is 73.5 cm³/mol. The van der Waals surface area contributed by atoms with Crippen LogP contribution < -0.4 is 11.3 Å². The lowest BCUT2D eigenvalue weighted by Gasteiger charge is -2.12. The number of rotatable bonds is 2. The first-order valence-corrected chi connectivity index (χ1v) is 6.66. The van der Waals surface area contributed by atoms with Crippen molar-refractivity contribution in [3.63, 3.8) is 0 Å². The highest BCUT2D eigenvalue weighted by atomic mass is 32.1. The van der Waals surface area contributed by atoms with Gasteiger partial charge in [-0.1, -0.05) is 0 Å². The second kappa shape index (κ2) is 3.92. The summed E-state index contributed by atoms with van der Waals surface area (Å²) in [4.78, 5) is 24.6. The van der Waals surface area contributed by atoms with Gasteiger partial charge < -0.3 is 5.73 Å². The molecule has 0 aliphatic rings. The molecule has 0 fully saturated rings. The molecule has 3 heterocycles. The maximum atomic E-state index is 12.4. The molecule has 0 aliphatic carbocycles. The molecule has 0 aromatic carbocycles. The Morgan fingerprint density at radius 2 is 2.26 bits per heavy atom. The van der Waals surface area contributed by atoms with Crippen molar-refractivity contribution < 1.29 is 4.79 Å². The van der Waals surface area contributed by atoms with Crippen LogP contribution in [-0.2, 0) is 4.79 Å². The number of nitrogens with zero attached hydrogens (tertiary/aromatic N) is 3. The fourth-order valence-corrected chi connectivity index (χ4v) is 3.09. The van der Waals surface area contributed by atoms with Gasteiger partial charge in [-0.3, -0.25) is 14.0 Å². The van der Waals surface area contributed by atoms with Gasteiger partial charge in [0, 0.05) is 5.39 Å². The molecule has 0 radical (unpaired) electrons. The minimum Gasteiger partial charge on any atom is -0.368 e. The van der Waals surface area contributed by atoms with Crippen molar-refractivity contribution >= 4 is 33.0 Å². The summed E-state index contributed by atoms with van der Waals surface area (Å²) in [6.45, 7) is 3.37. The van der Waals surface area contributed by atoms with E-state index in [0.29, 0.717) is 11.3 Å². The number of aryl methyl sites for hydroxylation is 1. The minimum atomic E-state index is -0.760. The number of hydrogen-bond acceptors (Lipinski definition) is 4. The number of hydrogen-bond donors (Lipinski definition) is 1. The van der Waals surface area contributed by atoms with E-state index in [-0.39, 0.29) is 5.56 Å². The Kier molecular flexibility index (Phi) is 2.46. The number of carbonyl (C=O) groups is 1. The zero-order chi connectivity index (χ0) is 13.7. The Labute approximate surface area is 112 Å². The maximum Gasteiger partial charge on any atom is 0.291 e. The molecular formula is C12H12N4O2S. The third kappa shape index (κ3) is 1.58. The molecule has 19 heavy (non-hydrogen) atoms. The number of fused-ring (bicyclic) bond motifs is 3. The molecule has 3 aromatic rings. The quantitative estimate of drug-likeness (QED) is 0.760. The maximum absolute atomic E-state index is 12.4. The van der Waals surface area contributed by atoms with Gasteiger partial charge in [0.1, 0.15) is 22.2 Å². The minimum absolute atomic E-state index is 0.305.